The maximum Gasteiger partial charge on any atom is 0.322 e. The van der Waals surface area contributed by atoms with Crippen LogP contribution in [0, 0.1) is 0 Å². The average Bonchev–Trinajstić information content (AvgIpc) is 3.17. The number of nitrogens with one attached hydrogen (secondary N) is 1. The predicted molar refractivity (Wildman–Crippen MR) is 102 cm³/mol. The topological polar surface area (TPSA) is 126 Å². The monoisotopic (exact) mass is 396 g/mol. The quantitative estimate of drug-likeness (QED) is 0.605. The summed E-state index contributed by atoms with van der Waals surface area (Å²) in [5, 5.41) is 25.5. The largest absolute Gasteiger partial charge is 0.507 e. The van der Waals surface area contributed by atoms with Gasteiger partial charge in [-0.3, -0.25) is 9.59 Å². The van der Waals surface area contributed by atoms with Crippen molar-refractivity contribution in [3.05, 3.63) is 47.3 Å². The molecule has 0 saturated carbocycles. The van der Waals surface area contributed by atoms with Crippen LogP contribution in [0.25, 0.3) is 5.65 Å². The second-order valence-corrected chi connectivity index (χ2v) is 7.03. The molecule has 0 saturated heterocycles. The van der Waals surface area contributed by atoms with Crippen LogP contribution in [-0.2, 0) is 11.2 Å². The van der Waals surface area contributed by atoms with Crippen molar-refractivity contribution < 1.29 is 24.5 Å². The third-order valence-electron chi connectivity index (χ3n) is 5.10. The van der Waals surface area contributed by atoms with E-state index >= 15 is 0 Å². The summed E-state index contributed by atoms with van der Waals surface area (Å²) in [6.45, 7) is 1.61. The average molecular weight is 396 g/mol. The SMILES string of the molecule is CC1CCCc2c(Oc3cc(O)c(C(=O)NCC(=O)O)c4ncnn34)cccc21. The van der Waals surface area contributed by atoms with Crippen molar-refractivity contribution in [2.75, 3.05) is 6.54 Å². The lowest BCUT2D eigenvalue weighted by atomic mass is 9.83. The molecule has 0 bridgehead atoms. The molecule has 0 aliphatic heterocycles. The Kier molecular flexibility index (Phi) is 4.79. The minimum Gasteiger partial charge on any atom is -0.507 e. The molecule has 0 fully saturated rings. The number of aliphatic carboxylic acids is 1. The standard InChI is InChI=1S/C20H20N4O5/c1-11-4-2-6-13-12(11)5-3-7-15(13)29-16-8-14(25)18(19-22-10-23-24(16)19)20(28)21-9-17(26)27/h3,5,7-8,10-11,25H,2,4,6,9H2,1H3,(H,21,28)(H,26,27). The number of carboxylic acids is 1. The van der Waals surface area contributed by atoms with Crippen molar-refractivity contribution in [1.82, 2.24) is 19.9 Å². The minimum absolute atomic E-state index is 0.0704. The molecule has 1 aliphatic rings. The smallest absolute Gasteiger partial charge is 0.322 e. The van der Waals surface area contributed by atoms with Gasteiger partial charge in [-0.15, -0.1) is 0 Å². The first-order valence-corrected chi connectivity index (χ1v) is 9.31. The van der Waals surface area contributed by atoms with Crippen LogP contribution in [0.5, 0.6) is 17.4 Å². The van der Waals surface area contributed by atoms with Crippen LogP contribution in [-0.4, -0.2) is 43.2 Å². The Balaban J connectivity index is 1.73. The Labute approximate surface area is 166 Å². The van der Waals surface area contributed by atoms with Gasteiger partial charge in [-0.2, -0.15) is 9.61 Å². The zero-order valence-electron chi connectivity index (χ0n) is 15.8. The minimum atomic E-state index is -1.20. The Morgan fingerprint density at radius 2 is 2.21 bits per heavy atom. The van der Waals surface area contributed by atoms with E-state index in [2.05, 4.69) is 28.4 Å². The Hall–Kier alpha value is -3.62. The molecule has 2 aromatic heterocycles. The van der Waals surface area contributed by atoms with Gasteiger partial charge in [0.05, 0.1) is 0 Å². The van der Waals surface area contributed by atoms with Crippen LogP contribution < -0.4 is 10.1 Å². The van der Waals surface area contributed by atoms with E-state index in [1.165, 1.54) is 22.5 Å². The number of amides is 1. The highest BCUT2D eigenvalue weighted by atomic mass is 16.5. The lowest BCUT2D eigenvalue weighted by Gasteiger charge is -2.24. The number of fused-ring (bicyclic) bond motifs is 2. The summed E-state index contributed by atoms with van der Waals surface area (Å²) in [7, 11) is 0. The van der Waals surface area contributed by atoms with Crippen molar-refractivity contribution in [2.24, 2.45) is 0 Å². The highest BCUT2D eigenvalue weighted by molar-refractivity contribution is 6.03. The van der Waals surface area contributed by atoms with E-state index < -0.39 is 18.4 Å². The fourth-order valence-corrected chi connectivity index (χ4v) is 3.73. The van der Waals surface area contributed by atoms with E-state index in [4.69, 9.17) is 9.84 Å². The number of carboxylic acid groups (broad SMARTS) is 1. The van der Waals surface area contributed by atoms with Crippen LogP contribution in [0.15, 0.2) is 30.6 Å². The highest BCUT2D eigenvalue weighted by Crippen LogP contribution is 2.39. The number of aromatic hydroxyl groups is 1. The second-order valence-electron chi connectivity index (χ2n) is 7.03. The Morgan fingerprint density at radius 1 is 1.38 bits per heavy atom. The molecule has 3 N–H and O–H groups in total. The summed E-state index contributed by atoms with van der Waals surface area (Å²) in [5.41, 5.74) is 2.28. The molecule has 1 amide bonds. The van der Waals surface area contributed by atoms with Crippen LogP contribution in [0.1, 0.15) is 47.2 Å². The van der Waals surface area contributed by atoms with Gasteiger partial charge in [0, 0.05) is 6.07 Å². The molecule has 1 aliphatic carbocycles. The van der Waals surface area contributed by atoms with Gasteiger partial charge in [0.25, 0.3) is 5.91 Å². The van der Waals surface area contributed by atoms with Gasteiger partial charge in [-0.05, 0) is 42.4 Å². The van der Waals surface area contributed by atoms with Crippen molar-refractivity contribution in [1.29, 1.82) is 0 Å². The number of aromatic nitrogens is 3. The van der Waals surface area contributed by atoms with E-state index in [0.717, 1.165) is 24.8 Å². The molecule has 0 radical (unpaired) electrons. The predicted octanol–water partition coefficient (Wildman–Crippen LogP) is 2.48. The van der Waals surface area contributed by atoms with E-state index in [0.29, 0.717) is 11.7 Å². The molecule has 150 valence electrons. The van der Waals surface area contributed by atoms with Gasteiger partial charge >= 0.3 is 5.97 Å². The molecule has 9 nitrogen and oxygen atoms in total. The molecule has 1 atom stereocenters. The summed E-state index contributed by atoms with van der Waals surface area (Å²) >= 11 is 0. The molecule has 2 heterocycles. The van der Waals surface area contributed by atoms with Crippen molar-refractivity contribution in [3.63, 3.8) is 0 Å². The van der Waals surface area contributed by atoms with Gasteiger partial charge in [0.2, 0.25) is 5.88 Å². The lowest BCUT2D eigenvalue weighted by molar-refractivity contribution is -0.135. The van der Waals surface area contributed by atoms with E-state index in [1.54, 1.807) is 0 Å². The van der Waals surface area contributed by atoms with Gasteiger partial charge in [-0.1, -0.05) is 19.1 Å². The summed E-state index contributed by atoms with van der Waals surface area (Å²) in [5.74, 6) is -1.01. The summed E-state index contributed by atoms with van der Waals surface area (Å²) in [6.07, 6.45) is 4.34. The lowest BCUT2D eigenvalue weighted by Crippen LogP contribution is -2.29. The van der Waals surface area contributed by atoms with Crippen molar-refractivity contribution >= 4 is 17.5 Å². The number of ether oxygens (including phenoxy) is 1. The first-order valence-electron chi connectivity index (χ1n) is 9.31. The molecule has 29 heavy (non-hydrogen) atoms. The second kappa shape index (κ2) is 7.42. The fraction of sp³-hybridized carbons (Fsp3) is 0.300. The zero-order valence-corrected chi connectivity index (χ0v) is 15.8. The fourth-order valence-electron chi connectivity index (χ4n) is 3.73. The van der Waals surface area contributed by atoms with Crippen molar-refractivity contribution in [3.8, 4) is 17.4 Å². The number of hydrogen-bond donors (Lipinski definition) is 3. The highest BCUT2D eigenvalue weighted by Gasteiger charge is 2.24. The number of carbonyl (C=O) groups excluding carboxylic acids is 1. The van der Waals surface area contributed by atoms with E-state index in [9.17, 15) is 14.7 Å². The maximum atomic E-state index is 12.3. The van der Waals surface area contributed by atoms with Gasteiger partial charge in [-0.25, -0.2) is 4.98 Å². The molecule has 1 aromatic carbocycles. The Bertz CT molecular complexity index is 1110. The molecular weight excluding hydrogens is 376 g/mol. The molecule has 0 spiro atoms. The number of hydrogen-bond acceptors (Lipinski definition) is 6. The number of pyridine rings is 1. The van der Waals surface area contributed by atoms with Crippen LogP contribution >= 0.6 is 0 Å². The van der Waals surface area contributed by atoms with Crippen LogP contribution in [0.2, 0.25) is 0 Å². The van der Waals surface area contributed by atoms with E-state index in [-0.39, 0.29) is 22.8 Å². The number of rotatable bonds is 5. The first-order chi connectivity index (χ1) is 14.0. The van der Waals surface area contributed by atoms with Gasteiger partial charge < -0.3 is 20.3 Å². The zero-order chi connectivity index (χ0) is 20.5. The number of benzene rings is 1. The number of nitrogens with zero attached hydrogens (tertiary/aromatic N) is 3. The van der Waals surface area contributed by atoms with Gasteiger partial charge in [0.1, 0.15) is 29.9 Å². The Morgan fingerprint density at radius 3 is 3.00 bits per heavy atom. The van der Waals surface area contributed by atoms with E-state index in [1.807, 2.05) is 12.1 Å². The third kappa shape index (κ3) is 3.46. The van der Waals surface area contributed by atoms with Gasteiger partial charge in [0.15, 0.2) is 5.65 Å². The number of carbonyl (C=O) groups is 2. The molecule has 4 rings (SSSR count). The van der Waals surface area contributed by atoms with Crippen molar-refractivity contribution in [2.45, 2.75) is 32.1 Å². The molecule has 1 unspecified atom stereocenters. The summed E-state index contributed by atoms with van der Waals surface area (Å²) in [4.78, 5) is 27.1. The summed E-state index contributed by atoms with van der Waals surface area (Å²) in [6, 6.07) is 7.18. The molecule has 9 heteroatoms. The van der Waals surface area contributed by atoms with Crippen LogP contribution in [0.3, 0.4) is 0 Å². The maximum absolute atomic E-state index is 12.3. The van der Waals surface area contributed by atoms with Crippen LogP contribution in [0.4, 0.5) is 0 Å². The third-order valence-corrected chi connectivity index (χ3v) is 5.10. The molecular formula is C20H20N4O5. The molecule has 3 aromatic rings. The summed E-state index contributed by atoms with van der Waals surface area (Å²) < 4.78 is 7.39. The normalized spacial score (nSPS) is 15.7. The first kappa shape index (κ1) is 18.7.